The zero-order valence-electron chi connectivity index (χ0n) is 6.82. The standard InChI is InChI=1S/C7H13O3P/c1-5(2)10-11(8)3-6-7(4-11)9-6/h5-7H,3-4H2,1-2H3. The van der Waals surface area contributed by atoms with Crippen molar-refractivity contribution in [3.8, 4) is 0 Å². The highest BCUT2D eigenvalue weighted by molar-refractivity contribution is 7.59. The Kier molecular flexibility index (Phi) is 1.64. The van der Waals surface area contributed by atoms with Gasteiger partial charge in [-0.1, -0.05) is 0 Å². The van der Waals surface area contributed by atoms with E-state index in [-0.39, 0.29) is 18.3 Å². The molecule has 2 fully saturated rings. The summed E-state index contributed by atoms with van der Waals surface area (Å²) in [6.07, 6.45) is 1.91. The lowest BCUT2D eigenvalue weighted by molar-refractivity contribution is 0.237. The van der Waals surface area contributed by atoms with Gasteiger partial charge in [0.05, 0.1) is 30.6 Å². The first-order valence-corrected chi connectivity index (χ1v) is 6.00. The van der Waals surface area contributed by atoms with Crippen LogP contribution < -0.4 is 0 Å². The lowest BCUT2D eigenvalue weighted by atomic mass is 10.4. The van der Waals surface area contributed by atoms with Crippen molar-refractivity contribution < 1.29 is 13.8 Å². The Morgan fingerprint density at radius 2 is 2.00 bits per heavy atom. The van der Waals surface area contributed by atoms with Gasteiger partial charge in [0.15, 0.2) is 0 Å². The summed E-state index contributed by atoms with van der Waals surface area (Å²) in [6.45, 7) is 3.84. The van der Waals surface area contributed by atoms with Crippen molar-refractivity contribution in [3.63, 3.8) is 0 Å². The van der Waals surface area contributed by atoms with Gasteiger partial charge in [-0.3, -0.25) is 4.57 Å². The third kappa shape index (κ3) is 1.51. The van der Waals surface area contributed by atoms with Gasteiger partial charge in [0.2, 0.25) is 7.37 Å². The molecular weight excluding hydrogens is 163 g/mol. The van der Waals surface area contributed by atoms with Crippen LogP contribution in [0.25, 0.3) is 0 Å². The van der Waals surface area contributed by atoms with E-state index in [9.17, 15) is 4.57 Å². The fraction of sp³-hybridized carbons (Fsp3) is 1.00. The SMILES string of the molecule is CC(C)OP1(=O)CC2OC2C1. The Morgan fingerprint density at radius 1 is 1.45 bits per heavy atom. The van der Waals surface area contributed by atoms with Gasteiger partial charge in [0.1, 0.15) is 0 Å². The lowest BCUT2D eigenvalue weighted by Crippen LogP contribution is -2.05. The van der Waals surface area contributed by atoms with E-state index in [0.29, 0.717) is 12.3 Å². The molecule has 0 spiro atoms. The van der Waals surface area contributed by atoms with Crippen LogP contribution in [0, 0.1) is 0 Å². The van der Waals surface area contributed by atoms with Gasteiger partial charge in [-0.2, -0.15) is 0 Å². The van der Waals surface area contributed by atoms with Crippen molar-refractivity contribution in [1.82, 2.24) is 0 Å². The Hall–Kier alpha value is 0.150. The first kappa shape index (κ1) is 7.78. The number of epoxide rings is 1. The summed E-state index contributed by atoms with van der Waals surface area (Å²) < 4.78 is 22.3. The molecule has 0 bridgehead atoms. The minimum atomic E-state index is -2.26. The van der Waals surface area contributed by atoms with Gasteiger partial charge in [0, 0.05) is 0 Å². The smallest absolute Gasteiger partial charge is 0.208 e. The van der Waals surface area contributed by atoms with Crippen molar-refractivity contribution in [3.05, 3.63) is 0 Å². The highest BCUT2D eigenvalue weighted by Gasteiger charge is 2.54. The van der Waals surface area contributed by atoms with Crippen LogP contribution in [0.5, 0.6) is 0 Å². The number of ether oxygens (including phenoxy) is 1. The fourth-order valence-corrected chi connectivity index (χ4v) is 4.42. The quantitative estimate of drug-likeness (QED) is 0.472. The molecule has 2 rings (SSSR count). The van der Waals surface area contributed by atoms with E-state index in [4.69, 9.17) is 9.26 Å². The summed E-state index contributed by atoms with van der Waals surface area (Å²) >= 11 is 0. The topological polar surface area (TPSA) is 38.8 Å². The molecule has 4 heteroatoms. The Bertz CT molecular complexity index is 200. The minimum absolute atomic E-state index is 0.0818. The molecule has 0 aliphatic carbocycles. The lowest BCUT2D eigenvalue weighted by Gasteiger charge is -2.16. The van der Waals surface area contributed by atoms with Crippen molar-refractivity contribution in [1.29, 1.82) is 0 Å². The number of hydrogen-bond donors (Lipinski definition) is 0. The molecule has 2 atom stereocenters. The zero-order valence-corrected chi connectivity index (χ0v) is 7.71. The summed E-state index contributed by atoms with van der Waals surface area (Å²) in [4.78, 5) is 0. The van der Waals surface area contributed by atoms with Gasteiger partial charge < -0.3 is 9.26 Å². The van der Waals surface area contributed by atoms with Crippen LogP contribution in [0.3, 0.4) is 0 Å². The molecule has 0 aromatic heterocycles. The molecule has 2 heterocycles. The monoisotopic (exact) mass is 176 g/mol. The summed E-state index contributed by atoms with van der Waals surface area (Å²) in [5.41, 5.74) is 0. The van der Waals surface area contributed by atoms with E-state index in [1.165, 1.54) is 0 Å². The second-order valence-corrected chi connectivity index (χ2v) is 6.12. The van der Waals surface area contributed by atoms with Crippen LogP contribution in [-0.4, -0.2) is 30.6 Å². The second-order valence-electron chi connectivity index (χ2n) is 3.55. The normalized spacial score (nSPS) is 47.9. The summed E-state index contributed by atoms with van der Waals surface area (Å²) in [7, 11) is -2.26. The third-order valence-corrected chi connectivity index (χ3v) is 4.65. The highest BCUT2D eigenvalue weighted by Crippen LogP contribution is 2.60. The van der Waals surface area contributed by atoms with E-state index >= 15 is 0 Å². The van der Waals surface area contributed by atoms with Crippen molar-refractivity contribution in [2.75, 3.05) is 12.3 Å². The Labute approximate surface area is 66.5 Å². The van der Waals surface area contributed by atoms with Gasteiger partial charge in [-0.15, -0.1) is 0 Å². The molecule has 2 aliphatic heterocycles. The average molecular weight is 176 g/mol. The molecule has 0 saturated carbocycles. The van der Waals surface area contributed by atoms with E-state index in [1.807, 2.05) is 13.8 Å². The second kappa shape index (κ2) is 2.32. The summed E-state index contributed by atoms with van der Waals surface area (Å²) in [5, 5.41) is 0. The number of hydrogen-bond acceptors (Lipinski definition) is 3. The summed E-state index contributed by atoms with van der Waals surface area (Å²) in [5.74, 6) is 0. The van der Waals surface area contributed by atoms with E-state index < -0.39 is 7.37 Å². The number of rotatable bonds is 2. The first-order valence-electron chi connectivity index (χ1n) is 4.01. The first-order chi connectivity index (χ1) is 5.09. The Balaban J connectivity index is 1.96. The molecule has 11 heavy (non-hydrogen) atoms. The molecule has 2 saturated heterocycles. The largest absolute Gasteiger partial charge is 0.368 e. The molecule has 2 unspecified atom stereocenters. The van der Waals surface area contributed by atoms with Crippen LogP contribution >= 0.6 is 7.37 Å². The molecular formula is C7H13O3P. The molecule has 0 amide bonds. The van der Waals surface area contributed by atoms with E-state index in [0.717, 1.165) is 0 Å². The van der Waals surface area contributed by atoms with Crippen molar-refractivity contribution in [2.24, 2.45) is 0 Å². The molecule has 3 nitrogen and oxygen atoms in total. The van der Waals surface area contributed by atoms with Crippen LogP contribution in [0.15, 0.2) is 0 Å². The molecule has 0 aromatic rings. The van der Waals surface area contributed by atoms with Crippen molar-refractivity contribution in [2.45, 2.75) is 32.2 Å². The zero-order chi connectivity index (χ0) is 8.06. The highest BCUT2D eigenvalue weighted by atomic mass is 31.2. The third-order valence-electron chi connectivity index (χ3n) is 2.01. The predicted octanol–water partition coefficient (Wildman–Crippen LogP) is 1.47. The minimum Gasteiger partial charge on any atom is -0.368 e. The van der Waals surface area contributed by atoms with Crippen LogP contribution in [0.1, 0.15) is 13.8 Å². The van der Waals surface area contributed by atoms with E-state index in [2.05, 4.69) is 0 Å². The Morgan fingerprint density at radius 3 is 2.45 bits per heavy atom. The maximum absolute atomic E-state index is 11.8. The van der Waals surface area contributed by atoms with Gasteiger partial charge in [-0.25, -0.2) is 0 Å². The molecule has 0 aromatic carbocycles. The number of fused-ring (bicyclic) bond motifs is 1. The van der Waals surface area contributed by atoms with Crippen LogP contribution in [0.2, 0.25) is 0 Å². The maximum atomic E-state index is 11.8. The summed E-state index contributed by atoms with van der Waals surface area (Å²) in [6, 6.07) is 0. The molecule has 0 radical (unpaired) electrons. The molecule has 64 valence electrons. The van der Waals surface area contributed by atoms with Gasteiger partial charge >= 0.3 is 0 Å². The van der Waals surface area contributed by atoms with Gasteiger partial charge in [-0.05, 0) is 13.8 Å². The average Bonchev–Trinajstić information content (AvgIpc) is 2.37. The maximum Gasteiger partial charge on any atom is 0.208 e. The fourth-order valence-electron chi connectivity index (χ4n) is 1.59. The van der Waals surface area contributed by atoms with Crippen LogP contribution in [-0.2, 0) is 13.8 Å². The predicted molar refractivity (Wildman–Crippen MR) is 42.2 cm³/mol. The van der Waals surface area contributed by atoms with Crippen LogP contribution in [0.4, 0.5) is 0 Å². The van der Waals surface area contributed by atoms with Gasteiger partial charge in [0.25, 0.3) is 0 Å². The molecule has 2 aliphatic rings. The molecule has 0 N–H and O–H groups in total. The van der Waals surface area contributed by atoms with Crippen molar-refractivity contribution >= 4 is 7.37 Å². The van der Waals surface area contributed by atoms with E-state index in [1.54, 1.807) is 0 Å².